The van der Waals surface area contributed by atoms with E-state index in [0.717, 1.165) is 29.9 Å². The van der Waals surface area contributed by atoms with Crippen LogP contribution < -0.4 is 4.90 Å². The van der Waals surface area contributed by atoms with Gasteiger partial charge in [0.2, 0.25) is 0 Å². The molecule has 0 fully saturated rings. The van der Waals surface area contributed by atoms with Crippen molar-refractivity contribution in [2.45, 2.75) is 19.8 Å². The molecule has 1 aliphatic rings. The van der Waals surface area contributed by atoms with Crippen molar-refractivity contribution < 1.29 is 0 Å². The summed E-state index contributed by atoms with van der Waals surface area (Å²) in [6.07, 6.45) is 6.34. The first-order valence-corrected chi connectivity index (χ1v) is 14.3. The largest absolute Gasteiger partial charge is 0.313 e. The number of hydrogen-bond acceptors (Lipinski definition) is 1. The van der Waals surface area contributed by atoms with E-state index in [0.29, 0.717) is 0 Å². The molecule has 1 aliphatic carbocycles. The van der Waals surface area contributed by atoms with E-state index in [4.69, 9.17) is 0 Å². The molecule has 0 unspecified atom stereocenters. The highest BCUT2D eigenvalue weighted by Crippen LogP contribution is 2.41. The van der Waals surface area contributed by atoms with Crippen LogP contribution in [0.25, 0.3) is 33.8 Å². The molecule has 1 heterocycles. The van der Waals surface area contributed by atoms with Gasteiger partial charge < -0.3 is 9.47 Å². The van der Waals surface area contributed by atoms with Crippen LogP contribution in [0.15, 0.2) is 146 Å². The van der Waals surface area contributed by atoms with Crippen molar-refractivity contribution in [3.05, 3.63) is 162 Å². The fourth-order valence-electron chi connectivity index (χ4n) is 6.03. The second-order valence-electron chi connectivity index (χ2n) is 10.7. The Morgan fingerprint density at radius 1 is 0.659 bits per heavy atom. The average molecular weight is 529 g/mol. The molecule has 0 amide bonds. The van der Waals surface area contributed by atoms with Crippen molar-refractivity contribution in [1.29, 1.82) is 0 Å². The molecule has 0 radical (unpaired) electrons. The minimum absolute atomic E-state index is 0.995. The molecule has 5 aromatic carbocycles. The molecule has 0 saturated heterocycles. The molecule has 0 atom stereocenters. The number of benzene rings is 5. The Morgan fingerprint density at radius 3 is 1.95 bits per heavy atom. The molecule has 0 bridgehead atoms. The lowest BCUT2D eigenvalue weighted by Crippen LogP contribution is -2.09. The van der Waals surface area contributed by atoms with Crippen molar-refractivity contribution in [3.63, 3.8) is 0 Å². The van der Waals surface area contributed by atoms with Crippen molar-refractivity contribution in [2.24, 2.45) is 0 Å². The van der Waals surface area contributed by atoms with Gasteiger partial charge in [-0.3, -0.25) is 0 Å². The summed E-state index contributed by atoms with van der Waals surface area (Å²) in [6.45, 7) is 6.20. The maximum absolute atomic E-state index is 4.08. The van der Waals surface area contributed by atoms with Gasteiger partial charge in [-0.05, 0) is 97.1 Å². The van der Waals surface area contributed by atoms with Crippen LogP contribution in [0.1, 0.15) is 23.2 Å². The van der Waals surface area contributed by atoms with Crippen molar-refractivity contribution in [3.8, 4) is 16.8 Å². The molecule has 0 N–H and O–H groups in total. The first kappa shape index (κ1) is 24.9. The average Bonchev–Trinajstić information content (AvgIpc) is 3.36. The number of aryl methyl sites for hydroxylation is 1. The van der Waals surface area contributed by atoms with E-state index in [2.05, 4.69) is 156 Å². The van der Waals surface area contributed by atoms with Crippen molar-refractivity contribution in [2.75, 3.05) is 4.90 Å². The maximum Gasteiger partial charge on any atom is 0.0539 e. The van der Waals surface area contributed by atoms with Gasteiger partial charge in [-0.15, -0.1) is 0 Å². The standard InChI is InChI=1S/C39H32N2/c1-3-29-16-24-38-36(26-29)37-27-35(23-25-39(37)41(38)33-12-8-5-9-13-33)40(32-10-6-4-7-11-32)34-21-19-31(20-22-34)30-17-14-28(2)15-18-30/h3-15,17-23,25-27H,1,16,24H2,2H3. The fourth-order valence-corrected chi connectivity index (χ4v) is 6.03. The van der Waals surface area contributed by atoms with Crippen molar-refractivity contribution >= 4 is 34.0 Å². The Morgan fingerprint density at radius 2 is 1.27 bits per heavy atom. The summed E-state index contributed by atoms with van der Waals surface area (Å²) in [4.78, 5) is 2.35. The summed E-state index contributed by atoms with van der Waals surface area (Å²) < 4.78 is 2.44. The van der Waals surface area contributed by atoms with Crippen molar-refractivity contribution in [1.82, 2.24) is 4.57 Å². The lowest BCUT2D eigenvalue weighted by atomic mass is 9.95. The molecule has 0 spiro atoms. The third kappa shape index (κ3) is 4.58. The third-order valence-corrected chi connectivity index (χ3v) is 8.13. The normalized spacial score (nSPS) is 12.6. The maximum atomic E-state index is 4.08. The van der Waals surface area contributed by atoms with Gasteiger partial charge in [0.25, 0.3) is 0 Å². The fraction of sp³-hybridized carbons (Fsp3) is 0.0769. The second-order valence-corrected chi connectivity index (χ2v) is 10.7. The summed E-state index contributed by atoms with van der Waals surface area (Å²) in [7, 11) is 0. The molecule has 41 heavy (non-hydrogen) atoms. The van der Waals surface area contributed by atoms with E-state index in [1.807, 2.05) is 6.08 Å². The highest BCUT2D eigenvalue weighted by molar-refractivity contribution is 5.97. The van der Waals surface area contributed by atoms with Gasteiger partial charge in [0.05, 0.1) is 5.52 Å². The summed E-state index contributed by atoms with van der Waals surface area (Å²) in [5.74, 6) is 0. The van der Waals surface area contributed by atoms with Gasteiger partial charge in [0, 0.05) is 39.4 Å². The Labute approximate surface area is 242 Å². The zero-order valence-electron chi connectivity index (χ0n) is 23.3. The summed E-state index contributed by atoms with van der Waals surface area (Å²) in [5, 5.41) is 1.26. The van der Waals surface area contributed by atoms with E-state index in [-0.39, 0.29) is 0 Å². The van der Waals surface area contributed by atoms with Gasteiger partial charge in [-0.25, -0.2) is 0 Å². The topological polar surface area (TPSA) is 8.17 Å². The molecule has 6 aromatic rings. The van der Waals surface area contributed by atoms with E-state index in [1.54, 1.807) is 0 Å². The molecular formula is C39H32N2. The monoisotopic (exact) mass is 528 g/mol. The van der Waals surface area contributed by atoms with Gasteiger partial charge >= 0.3 is 0 Å². The van der Waals surface area contributed by atoms with E-state index in [1.165, 1.54) is 50.1 Å². The number of anilines is 3. The number of fused-ring (bicyclic) bond motifs is 3. The van der Waals surface area contributed by atoms with Gasteiger partial charge in [-0.1, -0.05) is 91.0 Å². The summed E-state index contributed by atoms with van der Waals surface area (Å²) in [6, 6.07) is 45.9. The first-order valence-electron chi connectivity index (χ1n) is 14.3. The first-order chi connectivity index (χ1) is 20.2. The molecule has 198 valence electrons. The Bertz CT molecular complexity index is 1870. The van der Waals surface area contributed by atoms with Crippen LogP contribution in [0.4, 0.5) is 17.1 Å². The number of hydrogen-bond donors (Lipinski definition) is 0. The molecule has 1 aromatic heterocycles. The highest BCUT2D eigenvalue weighted by Gasteiger charge is 2.22. The van der Waals surface area contributed by atoms with Crippen LogP contribution >= 0.6 is 0 Å². The Kier molecular flexibility index (Phi) is 6.37. The number of allylic oxidation sites excluding steroid dienone is 2. The number of nitrogens with zero attached hydrogens (tertiary/aromatic N) is 2. The molecule has 0 saturated carbocycles. The van der Waals surface area contributed by atoms with Crippen LogP contribution in [0.2, 0.25) is 0 Å². The predicted octanol–water partition coefficient (Wildman–Crippen LogP) is 10.6. The van der Waals surface area contributed by atoms with Crippen LogP contribution in [0.3, 0.4) is 0 Å². The molecule has 2 heteroatoms. The minimum atomic E-state index is 0.995. The van der Waals surface area contributed by atoms with Crippen LogP contribution in [0.5, 0.6) is 0 Å². The zero-order chi connectivity index (χ0) is 27.8. The predicted molar refractivity (Wildman–Crippen MR) is 175 cm³/mol. The van der Waals surface area contributed by atoms with E-state index < -0.39 is 0 Å². The molecule has 7 rings (SSSR count). The number of rotatable bonds is 6. The van der Waals surface area contributed by atoms with Crippen LogP contribution in [-0.2, 0) is 6.42 Å². The van der Waals surface area contributed by atoms with Crippen LogP contribution in [-0.4, -0.2) is 4.57 Å². The molecule has 2 nitrogen and oxygen atoms in total. The quantitative estimate of drug-likeness (QED) is 0.209. The Balaban J connectivity index is 1.39. The molecule has 0 aliphatic heterocycles. The molecular weight excluding hydrogens is 496 g/mol. The van der Waals surface area contributed by atoms with E-state index in [9.17, 15) is 0 Å². The lowest BCUT2D eigenvalue weighted by Gasteiger charge is -2.26. The van der Waals surface area contributed by atoms with Gasteiger partial charge in [0.1, 0.15) is 0 Å². The minimum Gasteiger partial charge on any atom is -0.313 e. The van der Waals surface area contributed by atoms with Gasteiger partial charge in [-0.2, -0.15) is 0 Å². The highest BCUT2D eigenvalue weighted by atomic mass is 15.1. The summed E-state index contributed by atoms with van der Waals surface area (Å²) >= 11 is 0. The van der Waals surface area contributed by atoms with Crippen LogP contribution in [0, 0.1) is 6.92 Å². The third-order valence-electron chi connectivity index (χ3n) is 8.13. The summed E-state index contributed by atoms with van der Waals surface area (Å²) in [5.41, 5.74) is 13.5. The lowest BCUT2D eigenvalue weighted by molar-refractivity contribution is 0.869. The zero-order valence-corrected chi connectivity index (χ0v) is 23.3. The SMILES string of the molecule is C=CC1=Cc2c(n(-c3ccccc3)c3ccc(N(c4ccccc4)c4ccc(-c5ccc(C)cc5)cc4)cc23)CC1. The number of aromatic nitrogens is 1. The second kappa shape index (κ2) is 10.5. The number of para-hydroxylation sites is 2. The van der Waals surface area contributed by atoms with E-state index >= 15 is 0 Å². The van der Waals surface area contributed by atoms with Gasteiger partial charge in [0.15, 0.2) is 0 Å². The Hall–Kier alpha value is -5.08. The smallest absolute Gasteiger partial charge is 0.0539 e.